The molecule has 2 aromatic rings. The number of aryl methyl sites for hydroxylation is 2. The van der Waals surface area contributed by atoms with E-state index in [9.17, 15) is 14.5 Å². The minimum atomic E-state index is -0.642. The van der Waals surface area contributed by atoms with Crippen molar-refractivity contribution >= 4 is 5.69 Å². The van der Waals surface area contributed by atoms with Gasteiger partial charge in [0.25, 0.3) is 0 Å². The predicted molar refractivity (Wildman–Crippen MR) is 73.8 cm³/mol. The fourth-order valence-corrected chi connectivity index (χ4v) is 2.00. The Bertz CT molecular complexity index is 766. The first-order chi connectivity index (χ1) is 9.90. The molecule has 21 heavy (non-hydrogen) atoms. The van der Waals surface area contributed by atoms with Crippen molar-refractivity contribution < 1.29 is 14.1 Å². The van der Waals surface area contributed by atoms with Gasteiger partial charge >= 0.3 is 5.69 Å². The second-order valence-electron chi connectivity index (χ2n) is 4.58. The molecule has 5 nitrogen and oxygen atoms in total. The predicted octanol–water partition coefficient (Wildman–Crippen LogP) is 4.01. The molecule has 6 heteroatoms. The molecular weight excluding hydrogens is 275 g/mol. The second kappa shape index (κ2) is 5.59. The molecule has 0 spiro atoms. The first kappa shape index (κ1) is 14.5. The van der Waals surface area contributed by atoms with Gasteiger partial charge < -0.3 is 4.74 Å². The quantitative estimate of drug-likeness (QED) is 0.630. The molecule has 0 aromatic heterocycles. The molecule has 0 aliphatic carbocycles. The number of hydrogen-bond donors (Lipinski definition) is 0. The van der Waals surface area contributed by atoms with Crippen LogP contribution in [-0.2, 0) is 0 Å². The van der Waals surface area contributed by atoms with E-state index in [1.165, 1.54) is 12.1 Å². The lowest BCUT2D eigenvalue weighted by molar-refractivity contribution is -0.385. The van der Waals surface area contributed by atoms with Gasteiger partial charge in [0, 0.05) is 12.1 Å². The fraction of sp³-hybridized carbons (Fsp3) is 0.133. The van der Waals surface area contributed by atoms with Crippen LogP contribution in [0.15, 0.2) is 30.3 Å². The van der Waals surface area contributed by atoms with Crippen molar-refractivity contribution in [3.05, 3.63) is 63.0 Å². The molecule has 0 amide bonds. The summed E-state index contributed by atoms with van der Waals surface area (Å²) in [6.45, 7) is 3.40. The first-order valence-corrected chi connectivity index (χ1v) is 6.05. The maximum atomic E-state index is 13.4. The number of nitro groups is 1. The Hall–Kier alpha value is -2.94. The molecule has 0 radical (unpaired) electrons. The molecule has 0 saturated heterocycles. The van der Waals surface area contributed by atoms with E-state index in [0.717, 1.165) is 17.7 Å². The molecule has 0 aliphatic rings. The van der Waals surface area contributed by atoms with Gasteiger partial charge in [-0.3, -0.25) is 10.1 Å². The zero-order chi connectivity index (χ0) is 15.6. The molecule has 0 aliphatic heterocycles. The van der Waals surface area contributed by atoms with Crippen LogP contribution in [0.5, 0.6) is 11.5 Å². The van der Waals surface area contributed by atoms with E-state index in [1.54, 1.807) is 26.0 Å². The van der Waals surface area contributed by atoms with Crippen molar-refractivity contribution in [3.8, 4) is 17.6 Å². The molecule has 0 bridgehead atoms. The zero-order valence-corrected chi connectivity index (χ0v) is 11.4. The van der Waals surface area contributed by atoms with E-state index in [0.29, 0.717) is 5.56 Å². The van der Waals surface area contributed by atoms with E-state index in [4.69, 9.17) is 10.00 Å². The Kier molecular flexibility index (Phi) is 3.85. The summed E-state index contributed by atoms with van der Waals surface area (Å²) in [6, 6.07) is 8.37. The van der Waals surface area contributed by atoms with Gasteiger partial charge in [0.05, 0.1) is 16.6 Å². The average molecular weight is 286 g/mol. The summed E-state index contributed by atoms with van der Waals surface area (Å²) in [7, 11) is 0. The average Bonchev–Trinajstić information content (AvgIpc) is 2.40. The van der Waals surface area contributed by atoms with E-state index in [1.807, 2.05) is 0 Å². The number of nitro benzene ring substituents is 1. The van der Waals surface area contributed by atoms with Crippen molar-refractivity contribution in [3.63, 3.8) is 0 Å². The highest BCUT2D eigenvalue weighted by atomic mass is 19.1. The summed E-state index contributed by atoms with van der Waals surface area (Å²) in [5, 5.41) is 19.9. The van der Waals surface area contributed by atoms with Crippen LogP contribution in [0.1, 0.15) is 16.7 Å². The van der Waals surface area contributed by atoms with Gasteiger partial charge in [-0.25, -0.2) is 4.39 Å². The van der Waals surface area contributed by atoms with E-state index in [2.05, 4.69) is 0 Å². The van der Waals surface area contributed by atoms with Gasteiger partial charge in [0.2, 0.25) is 5.75 Å². The Labute approximate surface area is 120 Å². The van der Waals surface area contributed by atoms with Gasteiger partial charge in [-0.15, -0.1) is 0 Å². The summed E-state index contributed by atoms with van der Waals surface area (Å²) in [5.74, 6) is -0.557. The molecule has 0 fully saturated rings. The second-order valence-corrected chi connectivity index (χ2v) is 4.58. The number of hydrogen-bond acceptors (Lipinski definition) is 4. The van der Waals surface area contributed by atoms with Gasteiger partial charge in [-0.2, -0.15) is 5.26 Å². The lowest BCUT2D eigenvalue weighted by atomic mass is 10.1. The summed E-state index contributed by atoms with van der Waals surface area (Å²) in [6.07, 6.45) is 0. The van der Waals surface area contributed by atoms with Crippen molar-refractivity contribution in [2.45, 2.75) is 13.8 Å². The standard InChI is InChI=1S/C15H11FN2O3/c1-9-3-10(2)15(14(4-9)18(19)20)21-13-6-11(8-17)5-12(16)7-13/h3-7H,1-2H3. The molecule has 0 unspecified atom stereocenters. The molecular formula is C15H11FN2O3. The minimum absolute atomic E-state index is 0.0417. The van der Waals surface area contributed by atoms with Crippen molar-refractivity contribution in [1.82, 2.24) is 0 Å². The van der Waals surface area contributed by atoms with Crippen LogP contribution in [0, 0.1) is 41.1 Å². The summed E-state index contributed by atoms with van der Waals surface area (Å²) >= 11 is 0. The summed E-state index contributed by atoms with van der Waals surface area (Å²) < 4.78 is 18.8. The van der Waals surface area contributed by atoms with E-state index >= 15 is 0 Å². The number of nitriles is 1. The van der Waals surface area contributed by atoms with Crippen LogP contribution >= 0.6 is 0 Å². The van der Waals surface area contributed by atoms with Crippen LogP contribution in [0.2, 0.25) is 0 Å². The maximum absolute atomic E-state index is 13.4. The molecule has 0 heterocycles. The van der Waals surface area contributed by atoms with E-state index < -0.39 is 10.7 Å². The molecule has 0 N–H and O–H groups in total. The Balaban J connectivity index is 2.52. The lowest BCUT2D eigenvalue weighted by Gasteiger charge is -2.10. The van der Waals surface area contributed by atoms with Gasteiger partial charge in [0.1, 0.15) is 11.6 Å². The molecule has 0 saturated carbocycles. The van der Waals surface area contributed by atoms with Crippen molar-refractivity contribution in [2.24, 2.45) is 0 Å². The minimum Gasteiger partial charge on any atom is -0.450 e. The highest BCUT2D eigenvalue weighted by Crippen LogP contribution is 2.36. The van der Waals surface area contributed by atoms with Gasteiger partial charge in [-0.1, -0.05) is 6.07 Å². The Morgan fingerprint density at radius 2 is 1.95 bits per heavy atom. The van der Waals surface area contributed by atoms with Crippen molar-refractivity contribution in [2.75, 3.05) is 0 Å². The maximum Gasteiger partial charge on any atom is 0.312 e. The third-order valence-electron chi connectivity index (χ3n) is 2.82. The number of benzene rings is 2. The molecule has 2 aromatic carbocycles. The largest absolute Gasteiger partial charge is 0.450 e. The number of rotatable bonds is 3. The topological polar surface area (TPSA) is 76.2 Å². The third-order valence-corrected chi connectivity index (χ3v) is 2.82. The number of halogens is 1. The third kappa shape index (κ3) is 3.15. The van der Waals surface area contributed by atoms with Crippen LogP contribution in [0.3, 0.4) is 0 Å². The highest BCUT2D eigenvalue weighted by Gasteiger charge is 2.19. The molecule has 0 atom stereocenters. The fourth-order valence-electron chi connectivity index (χ4n) is 2.00. The van der Waals surface area contributed by atoms with Crippen LogP contribution in [0.4, 0.5) is 10.1 Å². The highest BCUT2D eigenvalue weighted by molar-refractivity contribution is 5.55. The van der Waals surface area contributed by atoms with Crippen molar-refractivity contribution in [1.29, 1.82) is 5.26 Å². The summed E-state index contributed by atoms with van der Waals surface area (Å²) in [4.78, 5) is 10.5. The number of ether oxygens (including phenoxy) is 1. The SMILES string of the molecule is Cc1cc(C)c(Oc2cc(F)cc(C#N)c2)c([N+](=O)[O-])c1. The zero-order valence-electron chi connectivity index (χ0n) is 11.4. The normalized spacial score (nSPS) is 10.0. The lowest BCUT2D eigenvalue weighted by Crippen LogP contribution is -1.97. The molecule has 2 rings (SSSR count). The monoisotopic (exact) mass is 286 g/mol. The number of nitrogens with zero attached hydrogens (tertiary/aromatic N) is 2. The van der Waals surface area contributed by atoms with Crippen LogP contribution in [0.25, 0.3) is 0 Å². The van der Waals surface area contributed by atoms with Crippen LogP contribution < -0.4 is 4.74 Å². The van der Waals surface area contributed by atoms with E-state index in [-0.39, 0.29) is 22.7 Å². The van der Waals surface area contributed by atoms with Gasteiger partial charge in [0.15, 0.2) is 0 Å². The smallest absolute Gasteiger partial charge is 0.312 e. The Morgan fingerprint density at radius 3 is 2.57 bits per heavy atom. The Morgan fingerprint density at radius 1 is 1.24 bits per heavy atom. The first-order valence-electron chi connectivity index (χ1n) is 6.05. The molecule has 106 valence electrons. The summed E-state index contributed by atoms with van der Waals surface area (Å²) in [5.41, 5.74) is 1.17. The van der Waals surface area contributed by atoms with Crippen LogP contribution in [-0.4, -0.2) is 4.92 Å². The van der Waals surface area contributed by atoms with Gasteiger partial charge in [-0.05, 0) is 37.1 Å².